The number of nitrogens with zero attached hydrogens (tertiary/aromatic N) is 1. The van der Waals surface area contributed by atoms with Gasteiger partial charge < -0.3 is 4.74 Å². The molecular weight excluding hydrogens is 384 g/mol. The van der Waals surface area contributed by atoms with Crippen molar-refractivity contribution >= 4 is 7.82 Å². The molecule has 5 atom stereocenters. The second-order valence-corrected chi connectivity index (χ2v) is 7.70. The lowest BCUT2D eigenvalue weighted by atomic mass is 9.97. The van der Waals surface area contributed by atoms with Gasteiger partial charge >= 0.3 is 13.5 Å². The lowest BCUT2D eigenvalue weighted by Gasteiger charge is -2.39. The van der Waals surface area contributed by atoms with E-state index in [-0.39, 0.29) is 0 Å². The van der Waals surface area contributed by atoms with Gasteiger partial charge in [-0.15, -0.1) is 0 Å². The molecule has 1 aromatic heterocycles. The Morgan fingerprint density at radius 2 is 2.12 bits per heavy atom. The molecule has 0 aliphatic carbocycles. The lowest BCUT2D eigenvalue weighted by Crippen LogP contribution is -2.55. The zero-order chi connectivity index (χ0) is 19.3. The van der Waals surface area contributed by atoms with Gasteiger partial charge in [0, 0.05) is 12.3 Å². The SMILES string of the molecule is CC(C)OP1(=O)OC[C@]2(C(F)F)O[C@H](n3ccc(=O)[nH]c3=O)[C@@H](F)[C@H]2O1. The fraction of sp³-hybridized carbons (Fsp3) is 0.692. The van der Waals surface area contributed by atoms with E-state index in [0.29, 0.717) is 4.57 Å². The van der Waals surface area contributed by atoms with Crippen molar-refractivity contribution in [1.29, 1.82) is 0 Å². The minimum atomic E-state index is -4.30. The normalized spacial score (nSPS) is 37.3. The summed E-state index contributed by atoms with van der Waals surface area (Å²) in [5.74, 6) is 0. The Balaban J connectivity index is 1.99. The van der Waals surface area contributed by atoms with Crippen LogP contribution in [0.15, 0.2) is 21.9 Å². The van der Waals surface area contributed by atoms with Gasteiger partial charge in [0.05, 0.1) is 12.7 Å². The zero-order valence-electron chi connectivity index (χ0n) is 13.6. The predicted octanol–water partition coefficient (Wildman–Crippen LogP) is 1.36. The topological polar surface area (TPSA) is 109 Å². The summed E-state index contributed by atoms with van der Waals surface area (Å²) in [5, 5.41) is 0. The Kier molecular flexibility index (Phi) is 4.91. The number of aromatic amines is 1. The highest BCUT2D eigenvalue weighted by Gasteiger charge is 2.67. The first kappa shape index (κ1) is 19.3. The van der Waals surface area contributed by atoms with Crippen molar-refractivity contribution in [3.63, 3.8) is 0 Å². The maximum absolute atomic E-state index is 14.9. The molecule has 3 rings (SSSR count). The quantitative estimate of drug-likeness (QED) is 0.760. The van der Waals surface area contributed by atoms with E-state index >= 15 is 0 Å². The molecule has 2 aliphatic heterocycles. The van der Waals surface area contributed by atoms with Crippen molar-refractivity contribution in [2.45, 2.75) is 50.5 Å². The van der Waals surface area contributed by atoms with Crippen molar-refractivity contribution in [1.82, 2.24) is 9.55 Å². The minimum absolute atomic E-state index is 0.603. The maximum Gasteiger partial charge on any atom is 0.475 e. The van der Waals surface area contributed by atoms with Crippen LogP contribution >= 0.6 is 7.82 Å². The molecule has 2 fully saturated rings. The Morgan fingerprint density at radius 3 is 2.69 bits per heavy atom. The molecule has 0 aromatic carbocycles. The van der Waals surface area contributed by atoms with Gasteiger partial charge in [0.25, 0.3) is 12.0 Å². The Hall–Kier alpha value is -1.46. The highest BCUT2D eigenvalue weighted by atomic mass is 31.2. The highest BCUT2D eigenvalue weighted by molar-refractivity contribution is 7.48. The van der Waals surface area contributed by atoms with Crippen LogP contribution in [0.4, 0.5) is 13.2 Å². The van der Waals surface area contributed by atoms with Crippen LogP contribution in [0.1, 0.15) is 20.1 Å². The van der Waals surface area contributed by atoms with E-state index in [9.17, 15) is 27.3 Å². The average molecular weight is 400 g/mol. The van der Waals surface area contributed by atoms with Gasteiger partial charge in [-0.25, -0.2) is 22.5 Å². The molecule has 146 valence electrons. The van der Waals surface area contributed by atoms with E-state index < -0.39 is 62.3 Å². The number of hydrogen-bond acceptors (Lipinski definition) is 7. The summed E-state index contributed by atoms with van der Waals surface area (Å²) >= 11 is 0. The number of hydrogen-bond donors (Lipinski definition) is 1. The van der Waals surface area contributed by atoms with E-state index in [1.54, 1.807) is 0 Å². The van der Waals surface area contributed by atoms with Crippen LogP contribution < -0.4 is 11.2 Å². The van der Waals surface area contributed by atoms with Crippen LogP contribution in [0.2, 0.25) is 0 Å². The molecule has 0 spiro atoms. The van der Waals surface area contributed by atoms with Gasteiger partial charge in [-0.05, 0) is 13.8 Å². The molecule has 2 saturated heterocycles. The first-order valence-corrected chi connectivity index (χ1v) is 9.07. The van der Waals surface area contributed by atoms with Crippen LogP contribution in [-0.2, 0) is 22.9 Å². The monoisotopic (exact) mass is 400 g/mol. The number of ether oxygens (including phenoxy) is 1. The first-order chi connectivity index (χ1) is 12.1. The molecule has 26 heavy (non-hydrogen) atoms. The first-order valence-electron chi connectivity index (χ1n) is 7.61. The fourth-order valence-electron chi connectivity index (χ4n) is 2.78. The summed E-state index contributed by atoms with van der Waals surface area (Å²) in [4.78, 5) is 24.8. The van der Waals surface area contributed by atoms with Crippen LogP contribution in [0.25, 0.3) is 0 Å². The standard InChI is InChI=1S/C13H16F3N2O7P/c1-6(2)24-26(21)22-5-13(11(15)16)9(25-26)8(14)10(23-13)18-4-3-7(19)17-12(18)20/h3-4,6,8-11H,5H2,1-2H3,(H,17,19,20)/t8-,9+,10-,13-,26?/m0/s1. The molecule has 9 nitrogen and oxygen atoms in total. The second-order valence-electron chi connectivity index (χ2n) is 6.13. The Morgan fingerprint density at radius 1 is 1.42 bits per heavy atom. The van der Waals surface area contributed by atoms with Crippen molar-refractivity contribution in [2.75, 3.05) is 6.61 Å². The fourth-order valence-corrected chi connectivity index (χ4v) is 4.40. The zero-order valence-corrected chi connectivity index (χ0v) is 14.5. The van der Waals surface area contributed by atoms with Crippen LogP contribution in [-0.4, -0.2) is 46.6 Å². The molecule has 2 aliphatic rings. The van der Waals surface area contributed by atoms with Gasteiger partial charge in [0.1, 0.15) is 6.10 Å². The molecule has 0 radical (unpaired) electrons. The molecule has 0 saturated carbocycles. The molecule has 13 heteroatoms. The van der Waals surface area contributed by atoms with Gasteiger partial charge in [-0.2, -0.15) is 0 Å². The summed E-state index contributed by atoms with van der Waals surface area (Å²) in [5.41, 5.74) is -4.40. The molecular formula is C13H16F3N2O7P. The van der Waals surface area contributed by atoms with E-state index in [4.69, 9.17) is 18.3 Å². The molecule has 0 amide bonds. The number of phosphoric acid groups is 1. The van der Waals surface area contributed by atoms with Crippen molar-refractivity contribution in [3.05, 3.63) is 33.1 Å². The van der Waals surface area contributed by atoms with E-state index in [0.717, 1.165) is 12.3 Å². The smallest absolute Gasteiger partial charge is 0.337 e. The summed E-state index contributed by atoms with van der Waals surface area (Å²) in [7, 11) is -4.30. The van der Waals surface area contributed by atoms with Crippen LogP contribution in [0.3, 0.4) is 0 Å². The summed E-state index contributed by atoms with van der Waals surface area (Å²) in [6.07, 6.45) is -9.17. The Labute approximate surface area is 144 Å². The molecule has 1 N–H and O–H groups in total. The summed E-state index contributed by atoms with van der Waals surface area (Å²) < 4.78 is 75.1. The molecule has 3 heterocycles. The Bertz CT molecular complexity index is 844. The molecule has 1 aromatic rings. The summed E-state index contributed by atoms with van der Waals surface area (Å²) in [6, 6.07) is 0.901. The third-order valence-corrected chi connectivity index (χ3v) is 5.52. The summed E-state index contributed by atoms with van der Waals surface area (Å²) in [6.45, 7) is 2.04. The minimum Gasteiger partial charge on any atom is -0.337 e. The number of alkyl halides is 3. The third-order valence-electron chi connectivity index (χ3n) is 3.91. The van der Waals surface area contributed by atoms with Gasteiger partial charge in [-0.1, -0.05) is 0 Å². The lowest BCUT2D eigenvalue weighted by molar-refractivity contribution is -0.208. The number of H-pyrrole nitrogens is 1. The van der Waals surface area contributed by atoms with E-state index in [1.807, 2.05) is 4.98 Å². The van der Waals surface area contributed by atoms with Crippen molar-refractivity contribution in [2.24, 2.45) is 0 Å². The largest absolute Gasteiger partial charge is 0.475 e. The predicted molar refractivity (Wildman–Crippen MR) is 79.7 cm³/mol. The number of fused-ring (bicyclic) bond motifs is 1. The highest BCUT2D eigenvalue weighted by Crippen LogP contribution is 2.61. The molecule has 1 unspecified atom stereocenters. The van der Waals surface area contributed by atoms with Crippen molar-refractivity contribution in [3.8, 4) is 0 Å². The molecule has 0 bridgehead atoms. The number of aromatic nitrogens is 2. The van der Waals surface area contributed by atoms with E-state index in [1.165, 1.54) is 13.8 Å². The number of rotatable bonds is 4. The number of phosphoric ester groups is 1. The van der Waals surface area contributed by atoms with Gasteiger partial charge in [0.2, 0.25) is 0 Å². The number of halogens is 3. The number of nitrogens with one attached hydrogen (secondary N) is 1. The van der Waals surface area contributed by atoms with Crippen LogP contribution in [0.5, 0.6) is 0 Å². The van der Waals surface area contributed by atoms with E-state index in [2.05, 4.69) is 0 Å². The van der Waals surface area contributed by atoms with Crippen molar-refractivity contribution < 1.29 is 36.0 Å². The van der Waals surface area contributed by atoms with Crippen LogP contribution in [0, 0.1) is 0 Å². The second kappa shape index (κ2) is 6.61. The average Bonchev–Trinajstić information content (AvgIpc) is 2.80. The van der Waals surface area contributed by atoms with Gasteiger partial charge in [-0.3, -0.25) is 27.9 Å². The van der Waals surface area contributed by atoms with Gasteiger partial charge in [0.15, 0.2) is 18.0 Å². The third kappa shape index (κ3) is 3.16. The maximum atomic E-state index is 14.9.